The fourth-order valence-corrected chi connectivity index (χ4v) is 1.30. The number of amides is 1. The maximum absolute atomic E-state index is 12.0. The highest BCUT2D eigenvalue weighted by Gasteiger charge is 2.22. The molecule has 0 radical (unpaired) electrons. The lowest BCUT2D eigenvalue weighted by Crippen LogP contribution is -2.45. The Hall–Kier alpha value is -1.32. The third kappa shape index (κ3) is 3.08. The molecule has 0 aliphatic heterocycles. The van der Waals surface area contributed by atoms with Crippen molar-refractivity contribution in [1.29, 1.82) is 0 Å². The van der Waals surface area contributed by atoms with Crippen molar-refractivity contribution in [2.75, 3.05) is 0 Å². The first-order valence-corrected chi connectivity index (χ1v) is 5.69. The minimum atomic E-state index is -0.264. The van der Waals surface area contributed by atoms with Crippen molar-refractivity contribution >= 4 is 5.91 Å². The Balaban J connectivity index is 2.68. The second-order valence-electron chi connectivity index (χ2n) is 4.84. The largest absolute Gasteiger partial charge is 0.349 e. The predicted molar refractivity (Wildman–Crippen MR) is 64.2 cm³/mol. The number of hydrogen-bond donors (Lipinski definition) is 1. The van der Waals surface area contributed by atoms with Crippen LogP contribution in [0.25, 0.3) is 0 Å². The standard InChI is InChI=1S/C12H21N3O/c1-6-12(4,5)13-11(16)10(3)15-8-7-9(2)14-15/h7-8,10H,6H2,1-5H3,(H,13,16). The molecule has 0 bridgehead atoms. The number of nitrogens with one attached hydrogen (secondary N) is 1. The van der Waals surface area contributed by atoms with E-state index in [0.29, 0.717) is 0 Å². The summed E-state index contributed by atoms with van der Waals surface area (Å²) >= 11 is 0. The van der Waals surface area contributed by atoms with E-state index in [0.717, 1.165) is 12.1 Å². The fraction of sp³-hybridized carbons (Fsp3) is 0.667. The molecule has 0 fully saturated rings. The lowest BCUT2D eigenvalue weighted by molar-refractivity contribution is -0.125. The summed E-state index contributed by atoms with van der Waals surface area (Å²) in [5.41, 5.74) is 0.766. The van der Waals surface area contributed by atoms with E-state index in [2.05, 4.69) is 17.3 Å². The van der Waals surface area contributed by atoms with Gasteiger partial charge >= 0.3 is 0 Å². The molecule has 1 amide bonds. The summed E-state index contributed by atoms with van der Waals surface area (Å²) in [6.45, 7) is 9.87. The zero-order chi connectivity index (χ0) is 12.3. The van der Waals surface area contributed by atoms with Crippen LogP contribution in [0, 0.1) is 6.92 Å². The molecule has 0 saturated carbocycles. The van der Waals surface area contributed by atoms with Crippen LogP contribution in [0.4, 0.5) is 0 Å². The topological polar surface area (TPSA) is 46.9 Å². The highest BCUT2D eigenvalue weighted by molar-refractivity contribution is 5.80. The molecule has 1 atom stereocenters. The summed E-state index contributed by atoms with van der Waals surface area (Å²) in [5.74, 6) is 0.00921. The monoisotopic (exact) mass is 223 g/mol. The van der Waals surface area contributed by atoms with E-state index in [1.54, 1.807) is 4.68 Å². The molecule has 1 unspecified atom stereocenters. The van der Waals surface area contributed by atoms with Gasteiger partial charge in [-0.05, 0) is 40.2 Å². The molecular formula is C12H21N3O. The first-order chi connectivity index (χ1) is 7.35. The van der Waals surface area contributed by atoms with Crippen molar-refractivity contribution in [2.24, 2.45) is 0 Å². The SMILES string of the molecule is CCC(C)(C)NC(=O)C(C)n1ccc(C)n1. The quantitative estimate of drug-likeness (QED) is 0.849. The van der Waals surface area contributed by atoms with Gasteiger partial charge in [0.15, 0.2) is 0 Å². The predicted octanol–water partition coefficient (Wildman–Crippen LogP) is 2.06. The van der Waals surface area contributed by atoms with Crippen LogP contribution < -0.4 is 5.32 Å². The molecule has 0 aliphatic carbocycles. The van der Waals surface area contributed by atoms with E-state index < -0.39 is 0 Å². The Bertz CT molecular complexity index is 368. The van der Waals surface area contributed by atoms with Crippen LogP contribution in [-0.4, -0.2) is 21.2 Å². The van der Waals surface area contributed by atoms with E-state index in [9.17, 15) is 4.79 Å². The Morgan fingerprint density at radius 1 is 1.62 bits per heavy atom. The van der Waals surface area contributed by atoms with Gasteiger partial charge in [-0.3, -0.25) is 9.48 Å². The maximum Gasteiger partial charge on any atom is 0.244 e. The van der Waals surface area contributed by atoms with E-state index >= 15 is 0 Å². The van der Waals surface area contributed by atoms with Gasteiger partial charge in [-0.25, -0.2) is 0 Å². The van der Waals surface area contributed by atoms with Crippen LogP contribution in [0.1, 0.15) is 45.9 Å². The molecule has 1 heterocycles. The lowest BCUT2D eigenvalue weighted by atomic mass is 10.0. The molecule has 1 N–H and O–H groups in total. The fourth-order valence-electron chi connectivity index (χ4n) is 1.30. The van der Waals surface area contributed by atoms with Crippen molar-refractivity contribution in [3.8, 4) is 0 Å². The Morgan fingerprint density at radius 2 is 2.25 bits per heavy atom. The van der Waals surface area contributed by atoms with Crippen LogP contribution in [-0.2, 0) is 4.79 Å². The van der Waals surface area contributed by atoms with Crippen LogP contribution in [0.2, 0.25) is 0 Å². The normalized spacial score (nSPS) is 13.6. The van der Waals surface area contributed by atoms with Crippen molar-refractivity contribution in [3.63, 3.8) is 0 Å². The van der Waals surface area contributed by atoms with Crippen LogP contribution in [0.5, 0.6) is 0 Å². The lowest BCUT2D eigenvalue weighted by Gasteiger charge is -2.26. The first-order valence-electron chi connectivity index (χ1n) is 5.69. The molecule has 4 heteroatoms. The molecule has 0 aliphatic rings. The zero-order valence-corrected chi connectivity index (χ0v) is 10.7. The van der Waals surface area contributed by atoms with Crippen molar-refractivity contribution in [3.05, 3.63) is 18.0 Å². The van der Waals surface area contributed by atoms with Crippen molar-refractivity contribution in [2.45, 2.75) is 52.6 Å². The molecule has 90 valence electrons. The van der Waals surface area contributed by atoms with E-state index in [4.69, 9.17) is 0 Å². The Morgan fingerprint density at radius 3 is 2.69 bits per heavy atom. The van der Waals surface area contributed by atoms with Gasteiger partial charge < -0.3 is 5.32 Å². The van der Waals surface area contributed by atoms with Gasteiger partial charge in [0, 0.05) is 11.7 Å². The molecule has 1 aromatic heterocycles. The van der Waals surface area contributed by atoms with E-state index in [-0.39, 0.29) is 17.5 Å². The second kappa shape index (κ2) is 4.68. The minimum Gasteiger partial charge on any atom is -0.349 e. The highest BCUT2D eigenvalue weighted by Crippen LogP contribution is 2.11. The Labute approximate surface area is 97.0 Å². The molecule has 0 spiro atoms. The maximum atomic E-state index is 12.0. The first kappa shape index (κ1) is 12.7. The summed E-state index contributed by atoms with van der Waals surface area (Å²) in [5, 5.41) is 7.26. The average molecular weight is 223 g/mol. The number of carbonyl (C=O) groups is 1. The summed E-state index contributed by atoms with van der Waals surface area (Å²) in [7, 11) is 0. The third-order valence-corrected chi connectivity index (χ3v) is 2.86. The third-order valence-electron chi connectivity index (χ3n) is 2.86. The average Bonchev–Trinajstić information content (AvgIpc) is 2.63. The van der Waals surface area contributed by atoms with E-state index in [1.165, 1.54) is 0 Å². The number of hydrogen-bond acceptors (Lipinski definition) is 2. The number of aryl methyl sites for hydroxylation is 1. The molecular weight excluding hydrogens is 202 g/mol. The second-order valence-corrected chi connectivity index (χ2v) is 4.84. The van der Waals surface area contributed by atoms with Gasteiger partial charge in [0.2, 0.25) is 5.91 Å². The van der Waals surface area contributed by atoms with E-state index in [1.807, 2.05) is 40.0 Å². The molecule has 16 heavy (non-hydrogen) atoms. The molecule has 1 aromatic rings. The van der Waals surface area contributed by atoms with Gasteiger partial charge in [0.25, 0.3) is 0 Å². The van der Waals surface area contributed by atoms with Gasteiger partial charge in [-0.2, -0.15) is 5.10 Å². The smallest absolute Gasteiger partial charge is 0.244 e. The summed E-state index contributed by atoms with van der Waals surface area (Å²) in [6, 6.07) is 1.63. The Kier molecular flexibility index (Phi) is 3.73. The number of nitrogens with zero attached hydrogens (tertiary/aromatic N) is 2. The molecule has 4 nitrogen and oxygen atoms in total. The number of carbonyl (C=O) groups excluding carboxylic acids is 1. The van der Waals surface area contributed by atoms with Gasteiger partial charge in [-0.15, -0.1) is 0 Å². The zero-order valence-electron chi connectivity index (χ0n) is 10.7. The highest BCUT2D eigenvalue weighted by atomic mass is 16.2. The number of rotatable bonds is 4. The summed E-state index contributed by atoms with van der Waals surface area (Å²) in [4.78, 5) is 12.0. The van der Waals surface area contributed by atoms with Crippen LogP contribution >= 0.6 is 0 Å². The van der Waals surface area contributed by atoms with Gasteiger partial charge in [0.1, 0.15) is 6.04 Å². The van der Waals surface area contributed by atoms with Crippen LogP contribution in [0.3, 0.4) is 0 Å². The minimum absolute atomic E-state index is 0.00921. The van der Waals surface area contributed by atoms with Gasteiger partial charge in [0.05, 0.1) is 5.69 Å². The molecule has 0 saturated heterocycles. The molecule has 0 aromatic carbocycles. The summed E-state index contributed by atoms with van der Waals surface area (Å²) in [6.07, 6.45) is 2.74. The van der Waals surface area contributed by atoms with Gasteiger partial charge in [-0.1, -0.05) is 6.92 Å². The van der Waals surface area contributed by atoms with Crippen molar-refractivity contribution < 1.29 is 4.79 Å². The van der Waals surface area contributed by atoms with Crippen molar-refractivity contribution in [1.82, 2.24) is 15.1 Å². The summed E-state index contributed by atoms with van der Waals surface area (Å²) < 4.78 is 1.69. The number of aromatic nitrogens is 2. The van der Waals surface area contributed by atoms with Crippen LogP contribution in [0.15, 0.2) is 12.3 Å². The molecule has 1 rings (SSSR count).